The van der Waals surface area contributed by atoms with Crippen LogP contribution in [0, 0.1) is 0 Å². The number of hydrogen-bond acceptors (Lipinski definition) is 7. The van der Waals surface area contributed by atoms with Crippen LogP contribution in [-0.2, 0) is 4.79 Å². The Bertz CT molecular complexity index is 1030. The normalized spacial score (nSPS) is 21.4. The summed E-state index contributed by atoms with van der Waals surface area (Å²) in [6.45, 7) is 5.01. The second-order valence-electron chi connectivity index (χ2n) is 8.55. The molecule has 33 heavy (non-hydrogen) atoms. The first-order valence-corrected chi connectivity index (χ1v) is 13.0. The Morgan fingerprint density at radius 1 is 1.18 bits per heavy atom. The second kappa shape index (κ2) is 11.2. The van der Waals surface area contributed by atoms with Gasteiger partial charge in [-0.1, -0.05) is 25.1 Å². The maximum absolute atomic E-state index is 12.4. The number of rotatable bonds is 10. The molecule has 0 unspecified atom stereocenters. The van der Waals surface area contributed by atoms with E-state index in [9.17, 15) is 9.59 Å². The van der Waals surface area contributed by atoms with Gasteiger partial charge in [0.1, 0.15) is 0 Å². The van der Waals surface area contributed by atoms with E-state index in [-0.39, 0.29) is 11.8 Å². The number of amides is 2. The predicted molar refractivity (Wildman–Crippen MR) is 137 cm³/mol. The quantitative estimate of drug-likeness (QED) is 0.262. The highest BCUT2D eigenvalue weighted by molar-refractivity contribution is 8.00. The lowest BCUT2D eigenvalue weighted by atomic mass is 10.0. The molecule has 0 radical (unpaired) electrons. The van der Waals surface area contributed by atoms with E-state index in [1.807, 2.05) is 36.0 Å². The number of benzene rings is 1. The van der Waals surface area contributed by atoms with Crippen molar-refractivity contribution < 1.29 is 9.59 Å². The number of pyridine rings is 1. The van der Waals surface area contributed by atoms with Crippen molar-refractivity contribution in [1.29, 1.82) is 0 Å². The van der Waals surface area contributed by atoms with Crippen LogP contribution in [0.4, 0.5) is 0 Å². The molecule has 0 spiro atoms. The molecule has 0 saturated carbocycles. The summed E-state index contributed by atoms with van der Waals surface area (Å²) in [7, 11) is 0. The molecule has 176 valence electrons. The van der Waals surface area contributed by atoms with Crippen LogP contribution in [0.3, 0.4) is 0 Å². The molecular weight excluding hydrogens is 454 g/mol. The summed E-state index contributed by atoms with van der Waals surface area (Å²) >= 11 is 6.40. The van der Waals surface area contributed by atoms with Crippen molar-refractivity contribution in [2.24, 2.45) is 0 Å². The third-order valence-corrected chi connectivity index (χ3v) is 7.95. The molecule has 1 aromatic carbocycles. The molecule has 3 atom stereocenters. The highest BCUT2D eigenvalue weighted by atomic mass is 32.2. The van der Waals surface area contributed by atoms with Crippen LogP contribution in [0.2, 0.25) is 0 Å². The molecule has 2 aromatic rings. The van der Waals surface area contributed by atoms with Crippen LogP contribution in [0.5, 0.6) is 0 Å². The van der Waals surface area contributed by atoms with E-state index in [1.165, 1.54) is 0 Å². The van der Waals surface area contributed by atoms with Gasteiger partial charge < -0.3 is 21.3 Å². The summed E-state index contributed by atoms with van der Waals surface area (Å²) in [5.74, 6) is 1.97. The molecule has 2 saturated heterocycles. The van der Waals surface area contributed by atoms with Gasteiger partial charge in [0, 0.05) is 47.0 Å². The van der Waals surface area contributed by atoms with Gasteiger partial charge in [0.25, 0.3) is 5.91 Å². The first-order valence-electron chi connectivity index (χ1n) is 11.5. The fourth-order valence-electron chi connectivity index (χ4n) is 4.36. The minimum absolute atomic E-state index is 0.0774. The summed E-state index contributed by atoms with van der Waals surface area (Å²) < 4.78 is 0. The van der Waals surface area contributed by atoms with Gasteiger partial charge in [-0.25, -0.2) is 0 Å². The summed E-state index contributed by atoms with van der Waals surface area (Å²) in [5, 5.41) is 14.1. The van der Waals surface area contributed by atoms with Crippen LogP contribution in [0.25, 0.3) is 10.9 Å². The highest BCUT2D eigenvalue weighted by Crippen LogP contribution is 2.34. The zero-order valence-corrected chi connectivity index (χ0v) is 20.3. The summed E-state index contributed by atoms with van der Waals surface area (Å²) in [5.41, 5.74) is 1.30. The van der Waals surface area contributed by atoms with Gasteiger partial charge in [-0.05, 0) is 31.4 Å². The van der Waals surface area contributed by atoms with Crippen molar-refractivity contribution in [3.63, 3.8) is 0 Å². The van der Waals surface area contributed by atoms with Crippen LogP contribution in [0.1, 0.15) is 42.5 Å². The van der Waals surface area contributed by atoms with Gasteiger partial charge in [-0.3, -0.25) is 14.6 Å². The fourth-order valence-corrected chi connectivity index (χ4v) is 6.17. The smallest absolute Gasteiger partial charge is 0.252 e. The number of thioether (sulfide) groups is 1. The first kappa shape index (κ1) is 23.8. The molecule has 2 aliphatic rings. The average molecular weight is 486 g/mol. The van der Waals surface area contributed by atoms with Crippen LogP contribution in [0.15, 0.2) is 47.8 Å². The number of nitrogens with zero attached hydrogens (tertiary/aromatic N) is 1. The monoisotopic (exact) mass is 485 g/mol. The Labute approximate surface area is 204 Å². The molecule has 2 aliphatic heterocycles. The van der Waals surface area contributed by atoms with E-state index in [0.29, 0.717) is 48.8 Å². The molecule has 0 aliphatic carbocycles. The molecular formula is C24H31N5O2S2. The zero-order chi connectivity index (χ0) is 23.2. The fraction of sp³-hybridized carbons (Fsp3) is 0.458. The van der Waals surface area contributed by atoms with E-state index < -0.39 is 0 Å². The largest absolute Gasteiger partial charge is 0.367 e. The Morgan fingerprint density at radius 3 is 2.91 bits per heavy atom. The lowest BCUT2D eigenvalue weighted by Crippen LogP contribution is -2.36. The van der Waals surface area contributed by atoms with Crippen molar-refractivity contribution in [3.8, 4) is 0 Å². The number of carbonyl (C=O) groups excluding carboxylic acids is 2. The van der Waals surface area contributed by atoms with E-state index in [1.54, 1.807) is 6.20 Å². The SMILES string of the molecule is C=C1N[C@H]2[C@H](CS[C@H]2CCCCC(=O)NCCCNC(=O)c2cnc3c(S)cccc3c2)N1. The van der Waals surface area contributed by atoms with Crippen molar-refractivity contribution in [2.75, 3.05) is 18.8 Å². The van der Waals surface area contributed by atoms with Gasteiger partial charge in [0.2, 0.25) is 5.91 Å². The number of thiol groups is 1. The number of carbonyl (C=O) groups is 2. The van der Waals surface area contributed by atoms with Crippen molar-refractivity contribution >= 4 is 47.1 Å². The lowest BCUT2D eigenvalue weighted by Gasteiger charge is -2.17. The maximum Gasteiger partial charge on any atom is 0.252 e. The molecule has 2 amide bonds. The summed E-state index contributed by atoms with van der Waals surface area (Å²) in [6.07, 6.45) is 5.86. The number of unbranched alkanes of at least 4 members (excludes halogenated alkanes) is 1. The third-order valence-electron chi connectivity index (χ3n) is 6.08. The minimum Gasteiger partial charge on any atom is -0.367 e. The molecule has 2 fully saturated rings. The Kier molecular flexibility index (Phi) is 8.03. The van der Waals surface area contributed by atoms with Crippen molar-refractivity contribution in [1.82, 2.24) is 26.3 Å². The van der Waals surface area contributed by atoms with E-state index in [2.05, 4.69) is 45.5 Å². The first-order chi connectivity index (χ1) is 16.0. The Hall–Kier alpha value is -2.39. The minimum atomic E-state index is -0.164. The topological polar surface area (TPSA) is 95.2 Å². The van der Waals surface area contributed by atoms with Crippen LogP contribution < -0.4 is 21.3 Å². The molecule has 4 N–H and O–H groups in total. The number of hydrogen-bond donors (Lipinski definition) is 5. The zero-order valence-electron chi connectivity index (χ0n) is 18.6. The molecule has 1 aromatic heterocycles. The number of para-hydroxylation sites is 1. The highest BCUT2D eigenvalue weighted by Gasteiger charge is 2.40. The molecule has 7 nitrogen and oxygen atoms in total. The van der Waals surface area contributed by atoms with Gasteiger partial charge >= 0.3 is 0 Å². The van der Waals surface area contributed by atoms with Gasteiger partial charge in [0.15, 0.2) is 0 Å². The average Bonchev–Trinajstić information content (AvgIpc) is 3.35. The standard InChI is InChI=1S/C24H31N5O2S2/c1-15-28-18-14-33-20(23(18)29-15)8-2-3-9-21(30)25-10-5-11-26-24(31)17-12-16-6-4-7-19(32)22(16)27-13-17/h4,6-7,12-13,18,20,23,28-29,32H,1-3,5,8-11,14H2,(H,25,30)(H,26,31)/t18-,20-,23-/m0/s1. The third kappa shape index (κ3) is 6.14. The molecule has 3 heterocycles. The molecule has 9 heteroatoms. The Morgan fingerprint density at radius 2 is 2.03 bits per heavy atom. The van der Waals surface area contributed by atoms with E-state index in [4.69, 9.17) is 0 Å². The summed E-state index contributed by atoms with van der Waals surface area (Å²) in [6, 6.07) is 8.46. The number of fused-ring (bicyclic) bond motifs is 2. The Balaban J connectivity index is 1.07. The van der Waals surface area contributed by atoms with Crippen LogP contribution >= 0.6 is 24.4 Å². The van der Waals surface area contributed by atoms with Crippen molar-refractivity contribution in [2.45, 2.75) is 54.3 Å². The van der Waals surface area contributed by atoms with Crippen molar-refractivity contribution in [3.05, 3.63) is 48.4 Å². The van der Waals surface area contributed by atoms with E-state index in [0.717, 1.165) is 46.6 Å². The van der Waals surface area contributed by atoms with E-state index >= 15 is 0 Å². The predicted octanol–water partition coefficient (Wildman–Crippen LogP) is 2.84. The molecule has 4 rings (SSSR count). The lowest BCUT2D eigenvalue weighted by molar-refractivity contribution is -0.121. The maximum atomic E-state index is 12.4. The van der Waals surface area contributed by atoms with Crippen LogP contribution in [-0.4, -0.2) is 53.0 Å². The summed E-state index contributed by atoms with van der Waals surface area (Å²) in [4.78, 5) is 29.6. The molecule has 0 bridgehead atoms. The van der Waals surface area contributed by atoms with Gasteiger partial charge in [0.05, 0.1) is 29.0 Å². The second-order valence-corrected chi connectivity index (χ2v) is 10.3. The van der Waals surface area contributed by atoms with Gasteiger partial charge in [-0.2, -0.15) is 11.8 Å². The van der Waals surface area contributed by atoms with Gasteiger partial charge in [-0.15, -0.1) is 12.6 Å². The number of nitrogens with one attached hydrogen (secondary N) is 4. The number of aromatic nitrogens is 1.